The Bertz CT molecular complexity index is 470. The summed E-state index contributed by atoms with van der Waals surface area (Å²) in [7, 11) is -0.299. The van der Waals surface area contributed by atoms with Gasteiger partial charge < -0.3 is 14.0 Å². The molecule has 0 bridgehead atoms. The molecular weight excluding hydrogens is 263 g/mol. The van der Waals surface area contributed by atoms with Crippen molar-refractivity contribution in [2.45, 2.75) is 71.9 Å². The van der Waals surface area contributed by atoms with E-state index < -0.39 is 0 Å². The lowest BCUT2D eigenvalue weighted by atomic mass is 9.79. The fraction of sp³-hybridized carbons (Fsp3) is 0.647. The van der Waals surface area contributed by atoms with Gasteiger partial charge in [-0.05, 0) is 59.5 Å². The SMILES string of the molecule is CC(C)(C)OCc1ccc(B2OC(C)(C)C(C)(C)O2)cc1. The zero-order valence-corrected chi connectivity index (χ0v) is 14.3. The van der Waals surface area contributed by atoms with Crippen LogP contribution in [0.2, 0.25) is 0 Å². The highest BCUT2D eigenvalue weighted by molar-refractivity contribution is 6.62. The predicted molar refractivity (Wildman–Crippen MR) is 86.7 cm³/mol. The van der Waals surface area contributed by atoms with Crippen LogP contribution in [0.4, 0.5) is 0 Å². The maximum atomic E-state index is 6.05. The molecule has 0 spiro atoms. The number of ether oxygens (including phenoxy) is 1. The minimum absolute atomic E-state index is 0.121. The third kappa shape index (κ3) is 3.88. The van der Waals surface area contributed by atoms with Gasteiger partial charge in [-0.15, -0.1) is 0 Å². The standard InChI is InChI=1S/C17H27BO3/c1-15(2,3)19-12-13-8-10-14(11-9-13)18-20-16(4,5)17(6,7)21-18/h8-11H,12H2,1-7H3. The van der Waals surface area contributed by atoms with Crippen molar-refractivity contribution in [2.24, 2.45) is 0 Å². The average Bonchev–Trinajstić information content (AvgIpc) is 2.56. The summed E-state index contributed by atoms with van der Waals surface area (Å²) in [5.74, 6) is 0. The fourth-order valence-corrected chi connectivity index (χ4v) is 2.05. The van der Waals surface area contributed by atoms with E-state index in [0.29, 0.717) is 6.61 Å². The third-order valence-electron chi connectivity index (χ3n) is 4.18. The van der Waals surface area contributed by atoms with Gasteiger partial charge in [0.05, 0.1) is 23.4 Å². The first-order valence-electron chi connectivity index (χ1n) is 7.59. The van der Waals surface area contributed by atoms with E-state index >= 15 is 0 Å². The molecule has 1 aliphatic rings. The molecule has 1 aliphatic heterocycles. The Balaban J connectivity index is 2.04. The van der Waals surface area contributed by atoms with Gasteiger partial charge in [0.15, 0.2) is 0 Å². The highest BCUT2D eigenvalue weighted by Crippen LogP contribution is 2.36. The van der Waals surface area contributed by atoms with Crippen LogP contribution in [-0.4, -0.2) is 23.9 Å². The molecule has 0 N–H and O–H groups in total. The van der Waals surface area contributed by atoms with Crippen LogP contribution in [0, 0.1) is 0 Å². The molecule has 1 heterocycles. The first kappa shape index (κ1) is 16.5. The van der Waals surface area contributed by atoms with Crippen LogP contribution in [0.5, 0.6) is 0 Å². The molecule has 4 heteroatoms. The van der Waals surface area contributed by atoms with Crippen molar-refractivity contribution >= 4 is 12.6 Å². The number of rotatable bonds is 3. The van der Waals surface area contributed by atoms with Crippen LogP contribution < -0.4 is 5.46 Å². The van der Waals surface area contributed by atoms with Gasteiger partial charge in [-0.1, -0.05) is 24.3 Å². The Hall–Kier alpha value is -0.835. The van der Waals surface area contributed by atoms with Gasteiger partial charge in [-0.3, -0.25) is 0 Å². The van der Waals surface area contributed by atoms with E-state index in [0.717, 1.165) is 11.0 Å². The molecule has 3 nitrogen and oxygen atoms in total. The summed E-state index contributed by atoms with van der Waals surface area (Å²) in [5.41, 5.74) is 1.49. The first-order valence-corrected chi connectivity index (χ1v) is 7.59. The van der Waals surface area contributed by atoms with E-state index in [9.17, 15) is 0 Å². The fourth-order valence-electron chi connectivity index (χ4n) is 2.05. The summed E-state index contributed by atoms with van der Waals surface area (Å²) in [6.45, 7) is 15.1. The van der Waals surface area contributed by atoms with Crippen molar-refractivity contribution in [3.05, 3.63) is 29.8 Å². The minimum atomic E-state index is -0.300. The summed E-state index contributed by atoms with van der Waals surface area (Å²) in [6, 6.07) is 8.27. The van der Waals surface area contributed by atoms with E-state index in [4.69, 9.17) is 14.0 Å². The van der Waals surface area contributed by atoms with E-state index in [-0.39, 0.29) is 23.9 Å². The Morgan fingerprint density at radius 1 is 0.952 bits per heavy atom. The van der Waals surface area contributed by atoms with Gasteiger partial charge in [-0.25, -0.2) is 0 Å². The van der Waals surface area contributed by atoms with Crippen LogP contribution in [0.25, 0.3) is 0 Å². The number of benzene rings is 1. The van der Waals surface area contributed by atoms with Gasteiger partial charge >= 0.3 is 7.12 Å². The summed E-state index contributed by atoms with van der Waals surface area (Å²) >= 11 is 0. The molecule has 0 radical (unpaired) electrons. The molecule has 116 valence electrons. The molecule has 21 heavy (non-hydrogen) atoms. The van der Waals surface area contributed by atoms with Crippen molar-refractivity contribution in [3.63, 3.8) is 0 Å². The Kier molecular flexibility index (Phi) is 4.27. The zero-order valence-electron chi connectivity index (χ0n) is 14.3. The van der Waals surface area contributed by atoms with Crippen LogP contribution in [-0.2, 0) is 20.7 Å². The minimum Gasteiger partial charge on any atom is -0.399 e. The topological polar surface area (TPSA) is 27.7 Å². The Morgan fingerprint density at radius 2 is 1.43 bits per heavy atom. The van der Waals surface area contributed by atoms with Crippen molar-refractivity contribution in [1.29, 1.82) is 0 Å². The molecule has 2 rings (SSSR count). The van der Waals surface area contributed by atoms with Crippen molar-refractivity contribution < 1.29 is 14.0 Å². The molecular formula is C17H27BO3. The zero-order chi connectivity index (χ0) is 15.9. The molecule has 0 unspecified atom stereocenters. The lowest BCUT2D eigenvalue weighted by Crippen LogP contribution is -2.41. The second-order valence-electron chi connectivity index (χ2n) is 7.73. The van der Waals surface area contributed by atoms with Crippen molar-refractivity contribution in [1.82, 2.24) is 0 Å². The number of hydrogen-bond acceptors (Lipinski definition) is 3. The quantitative estimate of drug-likeness (QED) is 0.799. The number of hydrogen-bond donors (Lipinski definition) is 0. The van der Waals surface area contributed by atoms with E-state index in [1.54, 1.807) is 0 Å². The van der Waals surface area contributed by atoms with Crippen LogP contribution >= 0.6 is 0 Å². The highest BCUT2D eigenvalue weighted by atomic mass is 16.7. The predicted octanol–water partition coefficient (Wildman–Crippen LogP) is 3.30. The van der Waals surface area contributed by atoms with Crippen LogP contribution in [0.3, 0.4) is 0 Å². The average molecular weight is 290 g/mol. The van der Waals surface area contributed by atoms with Gasteiger partial charge in [0.25, 0.3) is 0 Å². The Labute approximate surface area is 129 Å². The van der Waals surface area contributed by atoms with Gasteiger partial charge in [0, 0.05) is 0 Å². The second kappa shape index (κ2) is 5.42. The van der Waals surface area contributed by atoms with Gasteiger partial charge in [0.2, 0.25) is 0 Å². The largest absolute Gasteiger partial charge is 0.494 e. The van der Waals surface area contributed by atoms with Crippen LogP contribution in [0.1, 0.15) is 54.0 Å². The monoisotopic (exact) mass is 290 g/mol. The molecule has 0 amide bonds. The normalized spacial score (nSPS) is 20.8. The van der Waals surface area contributed by atoms with Gasteiger partial charge in [0.1, 0.15) is 0 Å². The highest BCUT2D eigenvalue weighted by Gasteiger charge is 2.51. The van der Waals surface area contributed by atoms with Gasteiger partial charge in [-0.2, -0.15) is 0 Å². The molecule has 0 aliphatic carbocycles. The molecule has 1 saturated heterocycles. The van der Waals surface area contributed by atoms with Crippen molar-refractivity contribution in [3.8, 4) is 0 Å². The molecule has 1 aromatic rings. The van der Waals surface area contributed by atoms with E-state index in [1.807, 2.05) is 0 Å². The maximum Gasteiger partial charge on any atom is 0.494 e. The smallest absolute Gasteiger partial charge is 0.399 e. The summed E-state index contributed by atoms with van der Waals surface area (Å²) in [5, 5.41) is 0. The van der Waals surface area contributed by atoms with E-state index in [1.165, 1.54) is 0 Å². The van der Waals surface area contributed by atoms with E-state index in [2.05, 4.69) is 72.7 Å². The lowest BCUT2D eigenvalue weighted by Gasteiger charge is -2.32. The second-order valence-corrected chi connectivity index (χ2v) is 7.73. The third-order valence-corrected chi connectivity index (χ3v) is 4.18. The summed E-state index contributed by atoms with van der Waals surface area (Å²) < 4.78 is 17.9. The lowest BCUT2D eigenvalue weighted by molar-refractivity contribution is -0.0149. The molecule has 1 aromatic carbocycles. The maximum absolute atomic E-state index is 6.05. The molecule has 0 aromatic heterocycles. The molecule has 0 atom stereocenters. The molecule has 0 saturated carbocycles. The Morgan fingerprint density at radius 3 is 1.86 bits per heavy atom. The summed E-state index contributed by atoms with van der Waals surface area (Å²) in [6.07, 6.45) is 0. The van der Waals surface area contributed by atoms with Crippen LogP contribution in [0.15, 0.2) is 24.3 Å². The van der Waals surface area contributed by atoms with Crippen molar-refractivity contribution in [2.75, 3.05) is 0 Å². The first-order chi connectivity index (χ1) is 9.50. The molecule has 1 fully saturated rings. The summed E-state index contributed by atoms with van der Waals surface area (Å²) in [4.78, 5) is 0.